The molecule has 2 aromatic heterocycles. The zero-order valence-electron chi connectivity index (χ0n) is 19.9. The maximum absolute atomic E-state index is 13.1. The lowest BCUT2D eigenvalue weighted by atomic mass is 10.0. The molecule has 8 nitrogen and oxygen atoms in total. The molecule has 1 aromatic carbocycles. The molecule has 1 fully saturated rings. The molecule has 3 aromatic rings. The van der Waals surface area contributed by atoms with Gasteiger partial charge in [-0.1, -0.05) is 29.3 Å². The van der Waals surface area contributed by atoms with Gasteiger partial charge < -0.3 is 14.2 Å². The second-order valence-corrected chi connectivity index (χ2v) is 12.1. The second kappa shape index (κ2) is 12.0. The van der Waals surface area contributed by atoms with Crippen LogP contribution >= 0.6 is 34.5 Å². The van der Waals surface area contributed by atoms with Crippen LogP contribution in [0.5, 0.6) is 11.5 Å². The van der Waals surface area contributed by atoms with E-state index < -0.39 is 28.7 Å². The molecule has 14 heteroatoms. The summed E-state index contributed by atoms with van der Waals surface area (Å²) in [6.45, 7) is -2.71. The summed E-state index contributed by atoms with van der Waals surface area (Å²) in [5.74, 6) is -0.442. The van der Waals surface area contributed by atoms with Crippen LogP contribution in [0.2, 0.25) is 10.0 Å². The van der Waals surface area contributed by atoms with Gasteiger partial charge in [0, 0.05) is 17.4 Å². The van der Waals surface area contributed by atoms with E-state index in [1.165, 1.54) is 42.0 Å². The number of aromatic nitrogens is 1. The van der Waals surface area contributed by atoms with Crippen LogP contribution in [-0.4, -0.2) is 33.9 Å². The Morgan fingerprint density at radius 2 is 1.89 bits per heavy atom. The molecule has 0 saturated heterocycles. The van der Waals surface area contributed by atoms with Crippen LogP contribution in [0.3, 0.4) is 0 Å². The smallest absolute Gasteiger partial charge is 0.387 e. The van der Waals surface area contributed by atoms with Crippen molar-refractivity contribution >= 4 is 56.2 Å². The molecular weight excluding hydrogens is 585 g/mol. The van der Waals surface area contributed by atoms with Crippen molar-refractivity contribution in [2.75, 3.05) is 17.6 Å². The van der Waals surface area contributed by atoms with Crippen molar-refractivity contribution in [3.8, 4) is 11.5 Å². The number of pyridine rings is 1. The molecule has 0 bridgehead atoms. The SMILES string of the molecule is CS(=O)(=O)Nc1csc(C(=O)O[C@@H](Cc2c(Cl)c[nH+]cc2Cl)c2ccc(OC(F)F)c(OCC3CC3)c2)c1. The zero-order chi connectivity index (χ0) is 27.4. The topological polar surface area (TPSA) is 105 Å². The third kappa shape index (κ3) is 7.92. The number of aromatic amines is 1. The Labute approximate surface area is 231 Å². The highest BCUT2D eigenvalue weighted by Gasteiger charge is 2.27. The van der Waals surface area contributed by atoms with E-state index in [1.54, 1.807) is 0 Å². The lowest BCUT2D eigenvalue weighted by molar-refractivity contribution is -0.377. The third-order valence-corrected chi connectivity index (χ3v) is 7.66. The lowest BCUT2D eigenvalue weighted by Gasteiger charge is -2.21. The Balaban J connectivity index is 1.65. The second-order valence-electron chi connectivity index (χ2n) is 8.64. The van der Waals surface area contributed by atoms with Gasteiger partial charge in [0.15, 0.2) is 23.9 Å². The van der Waals surface area contributed by atoms with Gasteiger partial charge in [-0.05, 0) is 42.5 Å². The summed E-state index contributed by atoms with van der Waals surface area (Å²) in [6, 6.07) is 5.65. The molecule has 0 radical (unpaired) electrons. The summed E-state index contributed by atoms with van der Waals surface area (Å²) in [4.78, 5) is 16.0. The highest BCUT2D eigenvalue weighted by molar-refractivity contribution is 7.92. The van der Waals surface area contributed by atoms with Gasteiger partial charge in [0.05, 0.1) is 18.6 Å². The summed E-state index contributed by atoms with van der Waals surface area (Å²) in [5, 5.41) is 2.07. The van der Waals surface area contributed by atoms with Crippen LogP contribution in [-0.2, 0) is 21.2 Å². The van der Waals surface area contributed by atoms with E-state index in [2.05, 4.69) is 14.4 Å². The number of nitrogens with one attached hydrogen (secondary N) is 2. The lowest BCUT2D eigenvalue weighted by Crippen LogP contribution is -2.15. The molecule has 1 aliphatic rings. The first-order chi connectivity index (χ1) is 18.0. The van der Waals surface area contributed by atoms with Crippen LogP contribution in [0.4, 0.5) is 14.5 Å². The number of thiophene rings is 1. The summed E-state index contributed by atoms with van der Waals surface area (Å²) < 4.78 is 67.5. The normalized spacial score (nSPS) is 14.3. The molecule has 0 spiro atoms. The number of hydrogen-bond donors (Lipinski definition) is 1. The van der Waals surface area contributed by atoms with Gasteiger partial charge in [-0.3, -0.25) is 4.72 Å². The Hall–Kier alpha value is -2.67. The summed E-state index contributed by atoms with van der Waals surface area (Å²) in [7, 11) is -3.54. The number of carbonyl (C=O) groups is 1. The molecule has 1 atom stereocenters. The first kappa shape index (κ1) is 28.3. The minimum absolute atomic E-state index is 0.0506. The quantitative estimate of drug-likeness (QED) is 0.262. The molecule has 0 amide bonds. The van der Waals surface area contributed by atoms with Gasteiger partial charge in [0.1, 0.15) is 21.0 Å². The summed E-state index contributed by atoms with van der Waals surface area (Å²) in [6.07, 6.45) is 5.11. The van der Waals surface area contributed by atoms with Gasteiger partial charge in [-0.15, -0.1) is 11.3 Å². The fourth-order valence-electron chi connectivity index (χ4n) is 3.51. The van der Waals surface area contributed by atoms with E-state index in [0.29, 0.717) is 33.7 Å². The zero-order valence-corrected chi connectivity index (χ0v) is 23.0. The third-order valence-electron chi connectivity index (χ3n) is 5.47. The molecule has 38 heavy (non-hydrogen) atoms. The number of hydrogen-bond acceptors (Lipinski definition) is 7. The monoisotopic (exact) mass is 607 g/mol. The van der Waals surface area contributed by atoms with E-state index >= 15 is 0 Å². The Bertz CT molecular complexity index is 1400. The number of rotatable bonds is 12. The van der Waals surface area contributed by atoms with Gasteiger partial charge >= 0.3 is 12.6 Å². The van der Waals surface area contributed by atoms with E-state index in [0.717, 1.165) is 30.4 Å². The maximum atomic E-state index is 13.1. The predicted molar refractivity (Wildman–Crippen MR) is 139 cm³/mol. The van der Waals surface area contributed by atoms with Crippen molar-refractivity contribution in [2.24, 2.45) is 5.92 Å². The van der Waals surface area contributed by atoms with Gasteiger partial charge in [0.2, 0.25) is 10.0 Å². The van der Waals surface area contributed by atoms with Gasteiger partial charge in [-0.2, -0.15) is 8.78 Å². The average Bonchev–Trinajstić information content (AvgIpc) is 3.55. The largest absolute Gasteiger partial charge is 0.489 e. The minimum atomic E-state index is -3.54. The molecule has 2 heterocycles. The summed E-state index contributed by atoms with van der Waals surface area (Å²) >= 11 is 13.7. The Morgan fingerprint density at radius 3 is 2.53 bits per heavy atom. The summed E-state index contributed by atoms with van der Waals surface area (Å²) in [5.41, 5.74) is 1.13. The van der Waals surface area contributed by atoms with E-state index in [4.69, 9.17) is 32.7 Å². The number of anilines is 1. The fraction of sp³-hybridized carbons (Fsp3) is 0.333. The van der Waals surface area contributed by atoms with Crippen molar-refractivity contribution < 1.29 is 41.2 Å². The number of sulfonamides is 1. The molecular formula is C24H23Cl2F2N2O6S2+. The highest BCUT2D eigenvalue weighted by atomic mass is 35.5. The number of H-pyrrole nitrogens is 1. The van der Waals surface area contributed by atoms with E-state index in [1.807, 2.05) is 0 Å². The maximum Gasteiger partial charge on any atom is 0.387 e. The Morgan fingerprint density at radius 1 is 1.18 bits per heavy atom. The number of halogens is 4. The molecule has 2 N–H and O–H groups in total. The van der Waals surface area contributed by atoms with Crippen molar-refractivity contribution in [1.82, 2.24) is 0 Å². The number of esters is 1. The standard InChI is InChI=1S/C24H22Cl2F2N2O6S2/c1-38(32,33)30-15-7-22(37-12-15)23(31)35-20(8-16-17(25)9-29-10-18(16)26)14-4-5-19(36-24(27)28)21(6-14)34-11-13-2-3-13/h4-7,9-10,12-13,20,24,30H,2-3,8,11H2,1H3/p+1/t20-/m0/s1. The average molecular weight is 608 g/mol. The van der Waals surface area contributed by atoms with Crippen LogP contribution < -0.4 is 19.2 Å². The molecule has 204 valence electrons. The van der Waals surface area contributed by atoms with Crippen LogP contribution in [0.1, 0.15) is 39.7 Å². The van der Waals surface area contributed by atoms with Crippen molar-refractivity contribution in [3.63, 3.8) is 0 Å². The number of benzene rings is 1. The molecule has 0 unspecified atom stereocenters. The van der Waals surface area contributed by atoms with Crippen molar-refractivity contribution in [3.05, 3.63) is 68.1 Å². The van der Waals surface area contributed by atoms with Crippen LogP contribution in [0.15, 0.2) is 42.0 Å². The van der Waals surface area contributed by atoms with Crippen LogP contribution in [0, 0.1) is 5.92 Å². The number of ether oxygens (including phenoxy) is 3. The number of alkyl halides is 2. The first-order valence-corrected chi connectivity index (χ1v) is 14.8. The van der Waals surface area contributed by atoms with Crippen molar-refractivity contribution in [1.29, 1.82) is 0 Å². The molecule has 1 aliphatic carbocycles. The van der Waals surface area contributed by atoms with Crippen molar-refractivity contribution in [2.45, 2.75) is 32.0 Å². The minimum Gasteiger partial charge on any atom is -0.489 e. The molecule has 1 saturated carbocycles. The highest BCUT2D eigenvalue weighted by Crippen LogP contribution is 2.38. The number of carbonyl (C=O) groups excluding carboxylic acids is 1. The molecule has 4 rings (SSSR count). The van der Waals surface area contributed by atoms with E-state index in [-0.39, 0.29) is 28.5 Å². The predicted octanol–water partition coefficient (Wildman–Crippen LogP) is 5.77. The van der Waals surface area contributed by atoms with Crippen LogP contribution in [0.25, 0.3) is 0 Å². The molecule has 0 aliphatic heterocycles. The Kier molecular flexibility index (Phi) is 8.96. The van der Waals surface area contributed by atoms with E-state index in [9.17, 15) is 22.0 Å². The first-order valence-electron chi connectivity index (χ1n) is 11.3. The van der Waals surface area contributed by atoms with Gasteiger partial charge in [0.25, 0.3) is 0 Å². The van der Waals surface area contributed by atoms with Gasteiger partial charge in [-0.25, -0.2) is 18.2 Å². The fourth-order valence-corrected chi connectivity index (χ4v) is 5.38.